The number of nitrogens with one attached hydrogen (secondary N) is 1. The first kappa shape index (κ1) is 18.7. The number of hydrogen-bond acceptors (Lipinski definition) is 4. The Labute approximate surface area is 142 Å². The predicted octanol–water partition coefficient (Wildman–Crippen LogP) is 1.17. The molecule has 24 heavy (non-hydrogen) atoms. The second-order valence-corrected chi connectivity index (χ2v) is 6.76. The molecule has 2 fully saturated rings. The molecule has 0 aromatic heterocycles. The van der Waals surface area contributed by atoms with E-state index in [0.29, 0.717) is 45.4 Å². The largest absolute Gasteiger partial charge is 0.481 e. The van der Waals surface area contributed by atoms with Crippen LogP contribution in [-0.4, -0.2) is 60.1 Å². The third kappa shape index (κ3) is 4.26. The lowest BCUT2D eigenvalue weighted by molar-refractivity contribution is -0.155. The van der Waals surface area contributed by atoms with Crippen molar-refractivity contribution in [2.24, 2.45) is 5.41 Å². The Kier molecular flexibility index (Phi) is 6.60. The van der Waals surface area contributed by atoms with Crippen LogP contribution in [0.2, 0.25) is 0 Å². The number of carbonyl (C=O) groups excluding carboxylic acids is 2. The number of carboxylic acids is 1. The predicted molar refractivity (Wildman–Crippen MR) is 87.4 cm³/mol. The summed E-state index contributed by atoms with van der Waals surface area (Å²) in [4.78, 5) is 38.1. The summed E-state index contributed by atoms with van der Waals surface area (Å²) < 4.78 is 5.24. The van der Waals surface area contributed by atoms with Gasteiger partial charge in [0.1, 0.15) is 6.04 Å². The lowest BCUT2D eigenvalue weighted by Gasteiger charge is -2.37. The van der Waals surface area contributed by atoms with E-state index < -0.39 is 17.4 Å². The lowest BCUT2D eigenvalue weighted by Crippen LogP contribution is -2.54. The molecule has 2 aliphatic rings. The van der Waals surface area contributed by atoms with Crippen molar-refractivity contribution in [3.8, 4) is 0 Å². The van der Waals surface area contributed by atoms with Gasteiger partial charge in [0.15, 0.2) is 0 Å². The van der Waals surface area contributed by atoms with Crippen LogP contribution in [0.5, 0.6) is 0 Å². The van der Waals surface area contributed by atoms with Crippen molar-refractivity contribution in [3.63, 3.8) is 0 Å². The molecule has 7 heteroatoms. The Morgan fingerprint density at radius 3 is 2.58 bits per heavy atom. The maximum atomic E-state index is 12.6. The standard InChI is InChI=1S/C17H28N2O5/c1-2-5-14(20)19-9-4-3-6-13(19)15(21)18-12-17(16(22)23)7-10-24-11-8-17/h13H,2-12H2,1H3,(H,18,21)(H,22,23). The number of carboxylic acid groups (broad SMARTS) is 1. The van der Waals surface area contributed by atoms with Crippen LogP contribution >= 0.6 is 0 Å². The molecule has 1 atom stereocenters. The number of rotatable bonds is 6. The van der Waals surface area contributed by atoms with Gasteiger partial charge in [0.05, 0.1) is 5.41 Å². The molecule has 7 nitrogen and oxygen atoms in total. The van der Waals surface area contributed by atoms with E-state index in [1.807, 2.05) is 6.92 Å². The van der Waals surface area contributed by atoms with Gasteiger partial charge in [0, 0.05) is 32.7 Å². The number of likely N-dealkylation sites (tertiary alicyclic amines) is 1. The van der Waals surface area contributed by atoms with Gasteiger partial charge >= 0.3 is 5.97 Å². The Balaban J connectivity index is 1.98. The van der Waals surface area contributed by atoms with Crippen molar-refractivity contribution in [1.82, 2.24) is 10.2 Å². The molecule has 2 rings (SSSR count). The van der Waals surface area contributed by atoms with E-state index in [-0.39, 0.29) is 18.4 Å². The van der Waals surface area contributed by atoms with Gasteiger partial charge in [-0.3, -0.25) is 14.4 Å². The molecule has 0 aliphatic carbocycles. The fraction of sp³-hybridized carbons (Fsp3) is 0.824. The van der Waals surface area contributed by atoms with Gasteiger partial charge in [-0.25, -0.2) is 0 Å². The van der Waals surface area contributed by atoms with Crippen LogP contribution in [0.25, 0.3) is 0 Å². The van der Waals surface area contributed by atoms with Gasteiger partial charge in [-0.2, -0.15) is 0 Å². The fourth-order valence-corrected chi connectivity index (χ4v) is 3.46. The highest BCUT2D eigenvalue weighted by Crippen LogP contribution is 2.30. The van der Waals surface area contributed by atoms with Crippen LogP contribution < -0.4 is 5.32 Å². The Hall–Kier alpha value is -1.63. The first-order valence-electron chi connectivity index (χ1n) is 8.88. The van der Waals surface area contributed by atoms with Crippen LogP contribution in [0, 0.1) is 5.41 Å². The minimum Gasteiger partial charge on any atom is -0.481 e. The summed E-state index contributed by atoms with van der Waals surface area (Å²) in [5.74, 6) is -1.11. The molecule has 2 amide bonds. The van der Waals surface area contributed by atoms with E-state index in [1.165, 1.54) is 0 Å². The number of amides is 2. The average Bonchev–Trinajstić information content (AvgIpc) is 2.60. The third-order valence-electron chi connectivity index (χ3n) is 5.09. The average molecular weight is 340 g/mol. The van der Waals surface area contributed by atoms with Crippen LogP contribution in [0.15, 0.2) is 0 Å². The molecule has 2 heterocycles. The maximum Gasteiger partial charge on any atom is 0.311 e. The second-order valence-electron chi connectivity index (χ2n) is 6.76. The summed E-state index contributed by atoms with van der Waals surface area (Å²) in [5, 5.41) is 12.4. The zero-order valence-electron chi connectivity index (χ0n) is 14.4. The molecule has 1 unspecified atom stereocenters. The molecule has 0 spiro atoms. The van der Waals surface area contributed by atoms with Crippen LogP contribution in [-0.2, 0) is 19.1 Å². The summed E-state index contributed by atoms with van der Waals surface area (Å²) in [7, 11) is 0. The summed E-state index contributed by atoms with van der Waals surface area (Å²) in [6.45, 7) is 3.43. The number of hydrogen-bond donors (Lipinski definition) is 2. The zero-order valence-corrected chi connectivity index (χ0v) is 14.4. The summed E-state index contributed by atoms with van der Waals surface area (Å²) in [5.41, 5.74) is -0.958. The van der Waals surface area contributed by atoms with Crippen molar-refractivity contribution < 1.29 is 24.2 Å². The lowest BCUT2D eigenvalue weighted by atomic mass is 9.80. The first-order chi connectivity index (χ1) is 11.5. The fourth-order valence-electron chi connectivity index (χ4n) is 3.46. The first-order valence-corrected chi connectivity index (χ1v) is 8.88. The van der Waals surface area contributed by atoms with Crippen LogP contribution in [0.3, 0.4) is 0 Å². The van der Waals surface area contributed by atoms with E-state index in [1.54, 1.807) is 4.90 Å². The van der Waals surface area contributed by atoms with Crippen LogP contribution in [0.4, 0.5) is 0 Å². The number of carbonyl (C=O) groups is 3. The van der Waals surface area contributed by atoms with Gasteiger partial charge in [-0.1, -0.05) is 6.92 Å². The molecule has 2 N–H and O–H groups in total. The van der Waals surface area contributed by atoms with E-state index >= 15 is 0 Å². The molecule has 0 bridgehead atoms. The molecule has 0 aromatic carbocycles. The summed E-state index contributed by atoms with van der Waals surface area (Å²) in [6.07, 6.45) is 4.45. The minimum atomic E-state index is -0.958. The topological polar surface area (TPSA) is 95.9 Å². The van der Waals surface area contributed by atoms with Crippen molar-refractivity contribution in [1.29, 1.82) is 0 Å². The van der Waals surface area contributed by atoms with Gasteiger partial charge in [-0.15, -0.1) is 0 Å². The van der Waals surface area contributed by atoms with E-state index in [0.717, 1.165) is 19.3 Å². The zero-order chi connectivity index (χ0) is 17.6. The summed E-state index contributed by atoms with van der Waals surface area (Å²) in [6, 6.07) is -0.469. The monoisotopic (exact) mass is 340 g/mol. The number of ether oxygens (including phenoxy) is 1. The molecule has 0 aromatic rings. The Morgan fingerprint density at radius 1 is 1.25 bits per heavy atom. The number of piperidine rings is 1. The van der Waals surface area contributed by atoms with Crippen molar-refractivity contribution in [2.45, 2.75) is 57.9 Å². The molecule has 136 valence electrons. The highest BCUT2D eigenvalue weighted by atomic mass is 16.5. The maximum absolute atomic E-state index is 12.6. The molecule has 0 saturated carbocycles. The van der Waals surface area contributed by atoms with Gasteiger partial charge in [-0.05, 0) is 38.5 Å². The smallest absolute Gasteiger partial charge is 0.311 e. The Bertz CT molecular complexity index is 474. The normalized spacial score (nSPS) is 23.5. The van der Waals surface area contributed by atoms with Crippen molar-refractivity contribution >= 4 is 17.8 Å². The van der Waals surface area contributed by atoms with E-state index in [4.69, 9.17) is 4.74 Å². The third-order valence-corrected chi connectivity index (χ3v) is 5.09. The molecule has 2 aliphatic heterocycles. The summed E-state index contributed by atoms with van der Waals surface area (Å²) >= 11 is 0. The number of aliphatic carboxylic acids is 1. The van der Waals surface area contributed by atoms with Crippen molar-refractivity contribution in [2.75, 3.05) is 26.3 Å². The SMILES string of the molecule is CCCC(=O)N1CCCCC1C(=O)NCC1(C(=O)O)CCOCC1. The quantitative estimate of drug-likeness (QED) is 0.756. The van der Waals surface area contributed by atoms with E-state index in [9.17, 15) is 19.5 Å². The van der Waals surface area contributed by atoms with Gasteiger partial charge in [0.2, 0.25) is 11.8 Å². The molecule has 2 saturated heterocycles. The molecular weight excluding hydrogens is 312 g/mol. The van der Waals surface area contributed by atoms with Gasteiger partial charge < -0.3 is 20.1 Å². The highest BCUT2D eigenvalue weighted by Gasteiger charge is 2.41. The highest BCUT2D eigenvalue weighted by molar-refractivity contribution is 5.88. The van der Waals surface area contributed by atoms with Gasteiger partial charge in [0.25, 0.3) is 0 Å². The van der Waals surface area contributed by atoms with E-state index in [2.05, 4.69) is 5.32 Å². The minimum absolute atomic E-state index is 0.0105. The second kappa shape index (κ2) is 8.46. The van der Waals surface area contributed by atoms with Crippen molar-refractivity contribution in [3.05, 3.63) is 0 Å². The van der Waals surface area contributed by atoms with Crippen LogP contribution in [0.1, 0.15) is 51.9 Å². The molecular formula is C17H28N2O5. The Morgan fingerprint density at radius 2 is 1.96 bits per heavy atom. The number of nitrogens with zero attached hydrogens (tertiary/aromatic N) is 1. The molecule has 0 radical (unpaired) electrons.